The van der Waals surface area contributed by atoms with Gasteiger partial charge in [0.25, 0.3) is 5.56 Å². The number of benzene rings is 2. The predicted molar refractivity (Wildman–Crippen MR) is 96.4 cm³/mol. The van der Waals surface area contributed by atoms with Gasteiger partial charge in [0.05, 0.1) is 10.0 Å². The maximum absolute atomic E-state index is 12.2. The SMILES string of the molecule is Cc1ccc(Cc2nnc(Nc3ccc(Cl)c(Cl)c3)[nH]c2=O)cc1. The lowest BCUT2D eigenvalue weighted by molar-refractivity contribution is 0.874. The second-order valence-electron chi connectivity index (χ2n) is 5.37. The molecule has 5 nitrogen and oxygen atoms in total. The van der Waals surface area contributed by atoms with Crippen molar-refractivity contribution in [2.24, 2.45) is 0 Å². The lowest BCUT2D eigenvalue weighted by Crippen LogP contribution is -2.18. The number of anilines is 2. The Labute approximate surface area is 148 Å². The van der Waals surface area contributed by atoms with Gasteiger partial charge in [0.2, 0.25) is 5.95 Å². The van der Waals surface area contributed by atoms with Crippen molar-refractivity contribution in [3.63, 3.8) is 0 Å². The van der Waals surface area contributed by atoms with Crippen LogP contribution in [0.25, 0.3) is 0 Å². The van der Waals surface area contributed by atoms with Gasteiger partial charge in [-0.2, -0.15) is 0 Å². The Morgan fingerprint density at radius 3 is 2.46 bits per heavy atom. The number of aryl methyl sites for hydroxylation is 1. The van der Waals surface area contributed by atoms with Crippen molar-refractivity contribution >= 4 is 34.8 Å². The molecule has 3 aromatic rings. The normalized spacial score (nSPS) is 10.6. The molecule has 0 radical (unpaired) electrons. The average molecular weight is 361 g/mol. The maximum Gasteiger partial charge on any atom is 0.274 e. The van der Waals surface area contributed by atoms with E-state index >= 15 is 0 Å². The van der Waals surface area contributed by atoms with Crippen LogP contribution in [0.1, 0.15) is 16.8 Å². The summed E-state index contributed by atoms with van der Waals surface area (Å²) in [6, 6.07) is 13.0. The molecule has 24 heavy (non-hydrogen) atoms. The van der Waals surface area contributed by atoms with E-state index < -0.39 is 0 Å². The van der Waals surface area contributed by atoms with Crippen molar-refractivity contribution in [1.82, 2.24) is 15.2 Å². The number of nitrogens with zero attached hydrogens (tertiary/aromatic N) is 2. The van der Waals surface area contributed by atoms with Gasteiger partial charge in [0.15, 0.2) is 0 Å². The van der Waals surface area contributed by atoms with E-state index in [4.69, 9.17) is 23.2 Å². The highest BCUT2D eigenvalue weighted by Gasteiger charge is 2.07. The first-order chi connectivity index (χ1) is 11.5. The Morgan fingerprint density at radius 2 is 1.79 bits per heavy atom. The molecule has 122 valence electrons. The second-order valence-corrected chi connectivity index (χ2v) is 6.18. The lowest BCUT2D eigenvalue weighted by atomic mass is 10.1. The molecule has 0 saturated carbocycles. The lowest BCUT2D eigenvalue weighted by Gasteiger charge is -2.06. The van der Waals surface area contributed by atoms with E-state index in [0.29, 0.717) is 27.8 Å². The molecule has 0 bridgehead atoms. The van der Waals surface area contributed by atoms with Crippen molar-refractivity contribution in [2.45, 2.75) is 13.3 Å². The summed E-state index contributed by atoms with van der Waals surface area (Å²) in [7, 11) is 0. The number of hydrogen-bond donors (Lipinski definition) is 2. The van der Waals surface area contributed by atoms with Crippen LogP contribution < -0.4 is 10.9 Å². The Hall–Kier alpha value is -2.37. The van der Waals surface area contributed by atoms with Gasteiger partial charge in [-0.25, -0.2) is 0 Å². The summed E-state index contributed by atoms with van der Waals surface area (Å²) in [5.74, 6) is 0.242. The zero-order valence-electron chi connectivity index (χ0n) is 12.8. The molecule has 0 amide bonds. The maximum atomic E-state index is 12.2. The second kappa shape index (κ2) is 7.03. The van der Waals surface area contributed by atoms with Crippen LogP contribution in [0.4, 0.5) is 11.6 Å². The summed E-state index contributed by atoms with van der Waals surface area (Å²) in [5, 5.41) is 11.8. The molecular formula is C17H14Cl2N4O. The van der Waals surface area contributed by atoms with Crippen LogP contribution in [0.3, 0.4) is 0 Å². The zero-order valence-corrected chi connectivity index (χ0v) is 14.3. The molecule has 3 rings (SSSR count). The topological polar surface area (TPSA) is 70.7 Å². The Bertz CT molecular complexity index is 923. The summed E-state index contributed by atoms with van der Waals surface area (Å²) < 4.78 is 0. The molecule has 2 aromatic carbocycles. The van der Waals surface area contributed by atoms with Gasteiger partial charge in [-0.1, -0.05) is 53.0 Å². The van der Waals surface area contributed by atoms with Gasteiger partial charge in [-0.15, -0.1) is 10.2 Å². The fraction of sp³-hybridized carbons (Fsp3) is 0.118. The summed E-state index contributed by atoms with van der Waals surface area (Å²) in [6.07, 6.45) is 0.426. The Kier molecular flexibility index (Phi) is 4.83. The molecule has 0 unspecified atom stereocenters. The van der Waals surface area contributed by atoms with Crippen molar-refractivity contribution in [2.75, 3.05) is 5.32 Å². The van der Waals surface area contributed by atoms with Crippen LogP contribution in [-0.2, 0) is 6.42 Å². The minimum absolute atomic E-state index is 0.242. The van der Waals surface area contributed by atoms with Crippen molar-refractivity contribution < 1.29 is 0 Å². The molecule has 1 heterocycles. The molecular weight excluding hydrogens is 347 g/mol. The smallest absolute Gasteiger partial charge is 0.274 e. The average Bonchev–Trinajstić information content (AvgIpc) is 2.55. The summed E-state index contributed by atoms with van der Waals surface area (Å²) in [5.41, 5.74) is 2.90. The molecule has 7 heteroatoms. The summed E-state index contributed by atoms with van der Waals surface area (Å²) >= 11 is 11.8. The number of rotatable bonds is 4. The standard InChI is InChI=1S/C17H14Cl2N4O/c1-10-2-4-11(5-3-10)8-15-16(24)21-17(23-22-15)20-12-6-7-13(18)14(19)9-12/h2-7,9H,8H2,1H3,(H2,20,21,23,24). The van der Waals surface area contributed by atoms with Gasteiger partial charge < -0.3 is 5.32 Å². The Morgan fingerprint density at radius 1 is 1.04 bits per heavy atom. The van der Waals surface area contributed by atoms with E-state index in [1.807, 2.05) is 31.2 Å². The molecule has 1 aromatic heterocycles. The molecule has 0 saturated heterocycles. The van der Waals surface area contributed by atoms with Crippen LogP contribution in [0, 0.1) is 6.92 Å². The van der Waals surface area contributed by atoms with Crippen LogP contribution in [0.2, 0.25) is 10.0 Å². The van der Waals surface area contributed by atoms with E-state index in [-0.39, 0.29) is 11.5 Å². The molecule has 0 aliphatic heterocycles. The highest BCUT2D eigenvalue weighted by molar-refractivity contribution is 6.42. The van der Waals surface area contributed by atoms with E-state index in [1.54, 1.807) is 18.2 Å². The molecule has 0 spiro atoms. The summed E-state index contributed by atoms with van der Waals surface area (Å²) in [4.78, 5) is 14.9. The predicted octanol–water partition coefficient (Wildman–Crippen LogP) is 4.11. The van der Waals surface area contributed by atoms with Crippen LogP contribution in [-0.4, -0.2) is 15.2 Å². The molecule has 0 fully saturated rings. The zero-order chi connectivity index (χ0) is 17.1. The first-order valence-corrected chi connectivity index (χ1v) is 8.00. The minimum Gasteiger partial charge on any atom is -0.324 e. The van der Waals surface area contributed by atoms with Crippen molar-refractivity contribution in [3.8, 4) is 0 Å². The van der Waals surface area contributed by atoms with Crippen molar-refractivity contribution in [1.29, 1.82) is 0 Å². The molecule has 0 aliphatic rings. The molecule has 0 atom stereocenters. The van der Waals surface area contributed by atoms with Gasteiger partial charge >= 0.3 is 0 Å². The highest BCUT2D eigenvalue weighted by Crippen LogP contribution is 2.25. The van der Waals surface area contributed by atoms with Crippen LogP contribution >= 0.6 is 23.2 Å². The number of aromatic nitrogens is 3. The van der Waals surface area contributed by atoms with E-state index in [1.165, 1.54) is 5.56 Å². The minimum atomic E-state index is -0.284. The van der Waals surface area contributed by atoms with Gasteiger partial charge in [0, 0.05) is 12.1 Å². The van der Waals surface area contributed by atoms with Gasteiger partial charge in [-0.3, -0.25) is 9.78 Å². The number of halogens is 2. The number of H-pyrrole nitrogens is 1. The van der Waals surface area contributed by atoms with E-state index in [2.05, 4.69) is 20.5 Å². The van der Waals surface area contributed by atoms with Crippen LogP contribution in [0.5, 0.6) is 0 Å². The largest absolute Gasteiger partial charge is 0.324 e. The third-order valence-corrected chi connectivity index (χ3v) is 4.18. The number of aromatic amines is 1. The van der Waals surface area contributed by atoms with Gasteiger partial charge in [-0.05, 0) is 30.7 Å². The fourth-order valence-corrected chi connectivity index (χ4v) is 2.44. The number of hydrogen-bond acceptors (Lipinski definition) is 4. The van der Waals surface area contributed by atoms with Crippen molar-refractivity contribution in [3.05, 3.63) is 79.7 Å². The summed E-state index contributed by atoms with van der Waals surface area (Å²) in [6.45, 7) is 2.01. The first-order valence-electron chi connectivity index (χ1n) is 7.25. The van der Waals surface area contributed by atoms with Crippen LogP contribution in [0.15, 0.2) is 47.3 Å². The fourth-order valence-electron chi connectivity index (χ4n) is 2.14. The molecule has 2 N–H and O–H groups in total. The van der Waals surface area contributed by atoms with Gasteiger partial charge in [0.1, 0.15) is 5.69 Å². The van der Waals surface area contributed by atoms with E-state index in [9.17, 15) is 4.79 Å². The monoisotopic (exact) mass is 360 g/mol. The highest BCUT2D eigenvalue weighted by atomic mass is 35.5. The quantitative estimate of drug-likeness (QED) is 0.734. The third kappa shape index (κ3) is 3.93. The Balaban J connectivity index is 1.78. The molecule has 0 aliphatic carbocycles. The third-order valence-electron chi connectivity index (χ3n) is 3.44. The van der Waals surface area contributed by atoms with E-state index in [0.717, 1.165) is 5.56 Å². The number of nitrogens with one attached hydrogen (secondary N) is 2. The first kappa shape index (κ1) is 16.5.